The number of hydrogen-bond acceptors (Lipinski definition) is 3. The van der Waals surface area contributed by atoms with Gasteiger partial charge >= 0.3 is 0 Å². The van der Waals surface area contributed by atoms with E-state index in [1.54, 1.807) is 11.7 Å². The normalized spacial score (nSPS) is 10.8. The van der Waals surface area contributed by atoms with E-state index in [1.807, 2.05) is 78.9 Å². The Morgan fingerprint density at radius 1 is 0.840 bits per heavy atom. The lowest BCUT2D eigenvalue weighted by atomic mass is 10.1. The quantitative estimate of drug-likeness (QED) is 0.569. The largest absolute Gasteiger partial charge is 0.495 e. The van der Waals surface area contributed by atoms with Gasteiger partial charge < -0.3 is 4.74 Å². The summed E-state index contributed by atoms with van der Waals surface area (Å²) in [7, 11) is 1.60. The smallest absolute Gasteiger partial charge is 0.282 e. The molecule has 0 radical (unpaired) electrons. The molecule has 0 bridgehead atoms. The van der Waals surface area contributed by atoms with Gasteiger partial charge in [-0.15, -0.1) is 0 Å². The van der Waals surface area contributed by atoms with Crippen molar-refractivity contribution >= 4 is 11.0 Å². The zero-order valence-corrected chi connectivity index (χ0v) is 13.7. The average Bonchev–Trinajstić information content (AvgIpc) is 2.68. The molecule has 122 valence electrons. The number of methoxy groups -OCH3 is 1. The van der Waals surface area contributed by atoms with Gasteiger partial charge in [0.25, 0.3) is 5.56 Å². The summed E-state index contributed by atoms with van der Waals surface area (Å²) in [4.78, 5) is 17.9. The molecule has 4 rings (SSSR count). The van der Waals surface area contributed by atoms with Crippen LogP contribution in [-0.4, -0.2) is 16.7 Å². The van der Waals surface area contributed by atoms with E-state index in [4.69, 9.17) is 4.74 Å². The molecule has 3 aromatic carbocycles. The first-order valence-electron chi connectivity index (χ1n) is 8.00. The minimum absolute atomic E-state index is 0.172. The maximum absolute atomic E-state index is 13.3. The molecule has 0 spiro atoms. The lowest BCUT2D eigenvalue weighted by Crippen LogP contribution is -2.22. The first-order chi connectivity index (χ1) is 12.3. The van der Waals surface area contributed by atoms with Gasteiger partial charge in [0, 0.05) is 5.56 Å². The molecule has 0 amide bonds. The van der Waals surface area contributed by atoms with Crippen LogP contribution in [0.4, 0.5) is 0 Å². The Morgan fingerprint density at radius 2 is 1.52 bits per heavy atom. The number of ether oxygens (including phenoxy) is 1. The van der Waals surface area contributed by atoms with Gasteiger partial charge in [-0.25, -0.2) is 4.98 Å². The topological polar surface area (TPSA) is 44.1 Å². The first kappa shape index (κ1) is 15.1. The number of rotatable bonds is 3. The van der Waals surface area contributed by atoms with E-state index in [9.17, 15) is 4.79 Å². The van der Waals surface area contributed by atoms with Crippen molar-refractivity contribution in [1.82, 2.24) is 9.55 Å². The van der Waals surface area contributed by atoms with Gasteiger partial charge in [-0.05, 0) is 24.3 Å². The third-order valence-corrected chi connectivity index (χ3v) is 4.13. The monoisotopic (exact) mass is 328 g/mol. The highest BCUT2D eigenvalue weighted by Crippen LogP contribution is 2.25. The molecule has 1 aromatic heterocycles. The zero-order chi connectivity index (χ0) is 17.2. The molecule has 1 heterocycles. The summed E-state index contributed by atoms with van der Waals surface area (Å²) < 4.78 is 7.14. The van der Waals surface area contributed by atoms with Crippen molar-refractivity contribution in [3.8, 4) is 22.7 Å². The molecule has 4 heteroatoms. The molecule has 0 saturated heterocycles. The highest BCUT2D eigenvalue weighted by molar-refractivity contribution is 5.80. The molecule has 25 heavy (non-hydrogen) atoms. The molecule has 0 saturated carbocycles. The van der Waals surface area contributed by atoms with Crippen molar-refractivity contribution in [3.05, 3.63) is 89.2 Å². The van der Waals surface area contributed by atoms with Crippen molar-refractivity contribution in [2.75, 3.05) is 7.11 Å². The number of aromatic nitrogens is 2. The summed E-state index contributed by atoms with van der Waals surface area (Å²) in [6, 6.07) is 24.6. The SMILES string of the molecule is COc1ccccc1-n1c(=O)c(-c2ccccc2)nc2ccccc21. The van der Waals surface area contributed by atoms with E-state index in [2.05, 4.69) is 4.98 Å². The van der Waals surface area contributed by atoms with Crippen LogP contribution >= 0.6 is 0 Å². The van der Waals surface area contributed by atoms with E-state index >= 15 is 0 Å². The molecule has 0 N–H and O–H groups in total. The van der Waals surface area contributed by atoms with Crippen LogP contribution in [0.5, 0.6) is 5.75 Å². The molecule has 0 aliphatic rings. The van der Waals surface area contributed by atoms with Crippen LogP contribution in [0, 0.1) is 0 Å². The van der Waals surface area contributed by atoms with Crippen LogP contribution in [0.1, 0.15) is 0 Å². The minimum Gasteiger partial charge on any atom is -0.495 e. The molecular weight excluding hydrogens is 312 g/mol. The fourth-order valence-electron chi connectivity index (χ4n) is 2.97. The van der Waals surface area contributed by atoms with Crippen LogP contribution in [0.2, 0.25) is 0 Å². The van der Waals surface area contributed by atoms with Crippen LogP contribution in [-0.2, 0) is 0 Å². The van der Waals surface area contributed by atoms with Crippen molar-refractivity contribution in [2.24, 2.45) is 0 Å². The molecule has 0 aliphatic heterocycles. The number of nitrogens with zero attached hydrogens (tertiary/aromatic N) is 2. The summed E-state index contributed by atoms with van der Waals surface area (Å²) in [5.41, 5.74) is 3.25. The standard InChI is InChI=1S/C21H16N2O2/c1-25-19-14-8-7-13-18(19)23-17-12-6-5-11-16(17)22-20(21(23)24)15-9-3-2-4-10-15/h2-14H,1H3. The lowest BCUT2D eigenvalue weighted by molar-refractivity contribution is 0.413. The third kappa shape index (κ3) is 2.58. The Balaban J connectivity index is 2.13. The summed E-state index contributed by atoms with van der Waals surface area (Å²) >= 11 is 0. The number of fused-ring (bicyclic) bond motifs is 1. The van der Waals surface area contributed by atoms with Crippen molar-refractivity contribution in [3.63, 3.8) is 0 Å². The zero-order valence-electron chi connectivity index (χ0n) is 13.7. The highest BCUT2D eigenvalue weighted by atomic mass is 16.5. The second-order valence-corrected chi connectivity index (χ2v) is 5.63. The van der Waals surface area contributed by atoms with Crippen LogP contribution in [0.15, 0.2) is 83.7 Å². The number of para-hydroxylation sites is 4. The van der Waals surface area contributed by atoms with Gasteiger partial charge in [-0.3, -0.25) is 9.36 Å². The average molecular weight is 328 g/mol. The Labute approximate surface area is 145 Å². The molecule has 4 nitrogen and oxygen atoms in total. The van der Waals surface area contributed by atoms with E-state index in [-0.39, 0.29) is 5.56 Å². The highest BCUT2D eigenvalue weighted by Gasteiger charge is 2.16. The van der Waals surface area contributed by atoms with Gasteiger partial charge in [-0.1, -0.05) is 54.6 Å². The molecule has 4 aromatic rings. The molecular formula is C21H16N2O2. The predicted molar refractivity (Wildman–Crippen MR) is 99.3 cm³/mol. The van der Waals surface area contributed by atoms with E-state index in [0.29, 0.717) is 17.1 Å². The van der Waals surface area contributed by atoms with Crippen molar-refractivity contribution < 1.29 is 4.74 Å². The van der Waals surface area contributed by atoms with Crippen molar-refractivity contribution in [1.29, 1.82) is 0 Å². The molecule has 0 fully saturated rings. The first-order valence-corrected chi connectivity index (χ1v) is 8.00. The van der Waals surface area contributed by atoms with Gasteiger partial charge in [0.15, 0.2) is 0 Å². The Morgan fingerprint density at radius 3 is 2.32 bits per heavy atom. The second-order valence-electron chi connectivity index (χ2n) is 5.63. The summed E-state index contributed by atoms with van der Waals surface area (Å²) in [5, 5.41) is 0. The van der Waals surface area contributed by atoms with E-state index < -0.39 is 0 Å². The number of hydrogen-bond donors (Lipinski definition) is 0. The second kappa shape index (κ2) is 6.24. The number of benzene rings is 3. The lowest BCUT2D eigenvalue weighted by Gasteiger charge is -2.15. The molecule has 0 aliphatic carbocycles. The minimum atomic E-state index is -0.172. The fourth-order valence-corrected chi connectivity index (χ4v) is 2.97. The fraction of sp³-hybridized carbons (Fsp3) is 0.0476. The molecule has 0 unspecified atom stereocenters. The van der Waals surface area contributed by atoms with E-state index in [0.717, 1.165) is 16.6 Å². The van der Waals surface area contributed by atoms with E-state index in [1.165, 1.54) is 0 Å². The van der Waals surface area contributed by atoms with Crippen molar-refractivity contribution in [2.45, 2.75) is 0 Å². The van der Waals surface area contributed by atoms with Gasteiger partial charge in [0.1, 0.15) is 11.4 Å². The molecule has 0 atom stereocenters. The van der Waals surface area contributed by atoms with Crippen LogP contribution in [0.3, 0.4) is 0 Å². The summed E-state index contributed by atoms with van der Waals surface area (Å²) in [6.45, 7) is 0. The summed E-state index contributed by atoms with van der Waals surface area (Å²) in [5.74, 6) is 0.639. The summed E-state index contributed by atoms with van der Waals surface area (Å²) in [6.07, 6.45) is 0. The van der Waals surface area contributed by atoms with Gasteiger partial charge in [-0.2, -0.15) is 0 Å². The predicted octanol–water partition coefficient (Wildman–Crippen LogP) is 4.06. The Bertz CT molecular complexity index is 1100. The maximum atomic E-state index is 13.3. The van der Waals surface area contributed by atoms with Crippen LogP contribution < -0.4 is 10.3 Å². The third-order valence-electron chi connectivity index (χ3n) is 4.13. The maximum Gasteiger partial charge on any atom is 0.282 e. The van der Waals surface area contributed by atoms with Gasteiger partial charge in [0.2, 0.25) is 0 Å². The van der Waals surface area contributed by atoms with Gasteiger partial charge in [0.05, 0.1) is 23.8 Å². The Kier molecular flexibility index (Phi) is 3.78. The van der Waals surface area contributed by atoms with Crippen LogP contribution in [0.25, 0.3) is 28.0 Å². The Hall–Kier alpha value is -3.40.